The molecule has 0 saturated carbocycles. The highest BCUT2D eigenvalue weighted by atomic mass is 16.2. The molecule has 1 atom stereocenters. The van der Waals surface area contributed by atoms with Gasteiger partial charge in [0.2, 0.25) is 0 Å². The molecule has 3 aromatic rings. The zero-order chi connectivity index (χ0) is 20.7. The van der Waals surface area contributed by atoms with Crippen LogP contribution in [0.4, 0.5) is 0 Å². The fourth-order valence-electron chi connectivity index (χ4n) is 4.72. The van der Waals surface area contributed by atoms with Crippen molar-refractivity contribution in [2.45, 2.75) is 31.1 Å². The van der Waals surface area contributed by atoms with Crippen molar-refractivity contribution >= 4 is 5.91 Å². The summed E-state index contributed by atoms with van der Waals surface area (Å²) in [5, 5.41) is 0. The standard InChI is InChI=1S/C22H21N5O3/c28-17-11-16(24-21(30)25-17)20(29)27-10-4-8-22(13-27)9-7-15-12-23-19(26-18(15)22)14-5-2-1-3-6-14/h1-3,5-6,11-12H,4,7-10,13H2,(H2,24,25,28,30). The third kappa shape index (κ3) is 3.14. The second kappa shape index (κ2) is 7.05. The van der Waals surface area contributed by atoms with Crippen LogP contribution in [0.15, 0.2) is 52.2 Å². The summed E-state index contributed by atoms with van der Waals surface area (Å²) < 4.78 is 0. The van der Waals surface area contributed by atoms with Gasteiger partial charge in [-0.1, -0.05) is 30.3 Å². The minimum atomic E-state index is -0.677. The van der Waals surface area contributed by atoms with Crippen molar-refractivity contribution in [2.75, 3.05) is 13.1 Å². The first-order valence-electron chi connectivity index (χ1n) is 10.1. The van der Waals surface area contributed by atoms with Gasteiger partial charge in [-0.3, -0.25) is 14.6 Å². The fourth-order valence-corrected chi connectivity index (χ4v) is 4.72. The van der Waals surface area contributed by atoms with Crippen molar-refractivity contribution < 1.29 is 4.79 Å². The number of hydrogen-bond donors (Lipinski definition) is 2. The maximum absolute atomic E-state index is 13.0. The number of hydrogen-bond acceptors (Lipinski definition) is 5. The molecule has 5 rings (SSSR count). The zero-order valence-electron chi connectivity index (χ0n) is 16.4. The maximum atomic E-state index is 13.0. The second-order valence-corrected chi connectivity index (χ2v) is 8.05. The smallest absolute Gasteiger partial charge is 0.326 e. The molecule has 30 heavy (non-hydrogen) atoms. The minimum Gasteiger partial charge on any atom is -0.336 e. The Morgan fingerprint density at radius 2 is 1.93 bits per heavy atom. The van der Waals surface area contributed by atoms with Crippen LogP contribution in [-0.4, -0.2) is 43.8 Å². The van der Waals surface area contributed by atoms with Gasteiger partial charge in [-0.25, -0.2) is 14.8 Å². The lowest BCUT2D eigenvalue weighted by Gasteiger charge is -2.40. The number of aryl methyl sites for hydroxylation is 1. The van der Waals surface area contributed by atoms with E-state index in [1.165, 1.54) is 0 Å². The highest BCUT2D eigenvalue weighted by molar-refractivity contribution is 5.92. The normalized spacial score (nSPS) is 20.3. The Kier molecular flexibility index (Phi) is 4.34. The highest BCUT2D eigenvalue weighted by Gasteiger charge is 2.45. The average molecular weight is 403 g/mol. The van der Waals surface area contributed by atoms with Crippen LogP contribution >= 0.6 is 0 Å². The molecule has 1 aliphatic carbocycles. The predicted octanol–water partition coefficient (Wildman–Crippen LogP) is 1.64. The Morgan fingerprint density at radius 3 is 2.73 bits per heavy atom. The van der Waals surface area contributed by atoms with Crippen LogP contribution in [0.3, 0.4) is 0 Å². The molecule has 3 heterocycles. The molecule has 1 spiro atoms. The number of rotatable bonds is 2. The first-order valence-corrected chi connectivity index (χ1v) is 10.1. The number of nitrogens with one attached hydrogen (secondary N) is 2. The SMILES string of the molecule is O=C(c1cc(=O)[nH]c(=O)[nH]1)N1CCCC2(CCc3cnc(-c4ccccc4)nc32)C1. The van der Waals surface area contributed by atoms with Crippen LogP contribution in [0.1, 0.15) is 41.0 Å². The van der Waals surface area contributed by atoms with Crippen molar-refractivity contribution in [3.8, 4) is 11.4 Å². The third-order valence-corrected chi connectivity index (χ3v) is 6.13. The van der Waals surface area contributed by atoms with Crippen molar-refractivity contribution in [1.82, 2.24) is 24.8 Å². The van der Waals surface area contributed by atoms with E-state index in [0.29, 0.717) is 18.9 Å². The number of likely N-dealkylation sites (tertiary alicyclic amines) is 1. The molecular weight excluding hydrogens is 382 g/mol. The summed E-state index contributed by atoms with van der Waals surface area (Å²) in [7, 11) is 0. The van der Waals surface area contributed by atoms with E-state index in [1.807, 2.05) is 36.5 Å². The molecular formula is C22H21N5O3. The van der Waals surface area contributed by atoms with Gasteiger partial charge in [-0.2, -0.15) is 0 Å². The van der Waals surface area contributed by atoms with Gasteiger partial charge in [0.15, 0.2) is 5.82 Å². The van der Waals surface area contributed by atoms with Crippen LogP contribution in [0.5, 0.6) is 0 Å². The number of carbonyl (C=O) groups is 1. The number of piperidine rings is 1. The maximum Gasteiger partial charge on any atom is 0.326 e. The molecule has 0 bridgehead atoms. The number of aromatic nitrogens is 4. The summed E-state index contributed by atoms with van der Waals surface area (Å²) in [4.78, 5) is 52.0. The van der Waals surface area contributed by atoms with Gasteiger partial charge in [-0.15, -0.1) is 0 Å². The van der Waals surface area contributed by atoms with Crippen molar-refractivity contribution in [1.29, 1.82) is 0 Å². The second-order valence-electron chi connectivity index (χ2n) is 8.05. The summed E-state index contributed by atoms with van der Waals surface area (Å²) in [6, 6.07) is 11.0. The van der Waals surface area contributed by atoms with Gasteiger partial charge in [0.05, 0.1) is 5.69 Å². The molecule has 1 aromatic carbocycles. The molecule has 8 nitrogen and oxygen atoms in total. The number of carbonyl (C=O) groups excluding carboxylic acids is 1. The molecule has 1 unspecified atom stereocenters. The van der Waals surface area contributed by atoms with Crippen LogP contribution in [-0.2, 0) is 11.8 Å². The topological polar surface area (TPSA) is 112 Å². The molecule has 1 aliphatic heterocycles. The number of aromatic amines is 2. The van der Waals surface area contributed by atoms with E-state index in [1.54, 1.807) is 4.90 Å². The van der Waals surface area contributed by atoms with E-state index in [9.17, 15) is 14.4 Å². The van der Waals surface area contributed by atoms with Crippen LogP contribution in [0.25, 0.3) is 11.4 Å². The first-order chi connectivity index (χ1) is 14.5. The first kappa shape index (κ1) is 18.5. The predicted molar refractivity (Wildman–Crippen MR) is 110 cm³/mol. The number of fused-ring (bicyclic) bond motifs is 2. The Bertz CT molecular complexity index is 1200. The lowest BCUT2D eigenvalue weighted by molar-refractivity contribution is 0.0627. The average Bonchev–Trinajstić information content (AvgIpc) is 3.10. The molecule has 2 aromatic heterocycles. The summed E-state index contributed by atoms with van der Waals surface area (Å²) >= 11 is 0. The number of H-pyrrole nitrogens is 2. The van der Waals surface area contributed by atoms with Crippen LogP contribution in [0.2, 0.25) is 0 Å². The van der Waals surface area contributed by atoms with E-state index in [-0.39, 0.29) is 17.0 Å². The number of nitrogens with zero attached hydrogens (tertiary/aromatic N) is 3. The Balaban J connectivity index is 1.48. The lowest BCUT2D eigenvalue weighted by Crippen LogP contribution is -2.48. The molecule has 1 amide bonds. The van der Waals surface area contributed by atoms with E-state index < -0.39 is 11.2 Å². The number of amides is 1. The Labute approximate surface area is 172 Å². The molecule has 152 valence electrons. The summed E-state index contributed by atoms with van der Waals surface area (Å²) in [6.45, 7) is 1.10. The summed E-state index contributed by atoms with van der Waals surface area (Å²) in [5.41, 5.74) is 1.65. The molecule has 1 fully saturated rings. The van der Waals surface area contributed by atoms with Gasteiger partial charge in [-0.05, 0) is 31.2 Å². The molecule has 2 aliphatic rings. The Hall–Kier alpha value is -3.55. The van der Waals surface area contributed by atoms with Crippen molar-refractivity contribution in [2.24, 2.45) is 0 Å². The molecule has 1 saturated heterocycles. The fraction of sp³-hybridized carbons (Fsp3) is 0.318. The Morgan fingerprint density at radius 1 is 1.10 bits per heavy atom. The molecule has 2 N–H and O–H groups in total. The van der Waals surface area contributed by atoms with Gasteiger partial charge < -0.3 is 9.88 Å². The van der Waals surface area contributed by atoms with Gasteiger partial charge in [0.25, 0.3) is 11.5 Å². The van der Waals surface area contributed by atoms with Gasteiger partial charge in [0, 0.05) is 36.3 Å². The van der Waals surface area contributed by atoms with Crippen molar-refractivity contribution in [3.63, 3.8) is 0 Å². The molecule has 8 heteroatoms. The van der Waals surface area contributed by atoms with Crippen molar-refractivity contribution in [3.05, 3.63) is 80.4 Å². The van der Waals surface area contributed by atoms with Gasteiger partial charge >= 0.3 is 5.69 Å². The molecule has 0 radical (unpaired) electrons. The van der Waals surface area contributed by atoms with Crippen LogP contribution in [0, 0.1) is 0 Å². The lowest BCUT2D eigenvalue weighted by atomic mass is 9.77. The summed E-state index contributed by atoms with van der Waals surface area (Å²) in [5.74, 6) is 0.362. The van der Waals surface area contributed by atoms with Gasteiger partial charge in [0.1, 0.15) is 5.69 Å². The monoisotopic (exact) mass is 403 g/mol. The van der Waals surface area contributed by atoms with E-state index in [2.05, 4.69) is 15.0 Å². The van der Waals surface area contributed by atoms with E-state index >= 15 is 0 Å². The van der Waals surface area contributed by atoms with E-state index in [4.69, 9.17) is 4.98 Å². The minimum absolute atomic E-state index is 0.0201. The highest BCUT2D eigenvalue weighted by Crippen LogP contribution is 2.44. The quantitative estimate of drug-likeness (QED) is 0.676. The van der Waals surface area contributed by atoms with Crippen LogP contribution < -0.4 is 11.2 Å². The third-order valence-electron chi connectivity index (χ3n) is 6.13. The largest absolute Gasteiger partial charge is 0.336 e. The summed E-state index contributed by atoms with van der Waals surface area (Å²) in [6.07, 6.45) is 5.48. The zero-order valence-corrected chi connectivity index (χ0v) is 16.4. The number of benzene rings is 1. The van der Waals surface area contributed by atoms with E-state index in [0.717, 1.165) is 48.6 Å².